The van der Waals surface area contributed by atoms with Crippen molar-refractivity contribution in [1.82, 2.24) is 29.7 Å². The van der Waals surface area contributed by atoms with Gasteiger partial charge in [0.05, 0.1) is 54.6 Å². The van der Waals surface area contributed by atoms with E-state index in [0.717, 1.165) is 117 Å². The van der Waals surface area contributed by atoms with E-state index in [2.05, 4.69) is 66.9 Å². The van der Waals surface area contributed by atoms with Crippen molar-refractivity contribution in [2.75, 3.05) is 50.0 Å². The van der Waals surface area contributed by atoms with Crippen LogP contribution in [0.3, 0.4) is 0 Å². The number of ether oxygens (including phenoxy) is 2. The molecule has 1 aliphatic carbocycles. The van der Waals surface area contributed by atoms with Gasteiger partial charge < -0.3 is 59.9 Å². The molecule has 7 N–H and O–H groups in total. The Labute approximate surface area is 567 Å². The van der Waals surface area contributed by atoms with Crippen molar-refractivity contribution in [2.24, 2.45) is 0 Å². The second-order valence-electron chi connectivity index (χ2n) is 26.0. The molecule has 500 valence electrons. The maximum atomic E-state index is 15.0. The molecule has 98 heavy (non-hydrogen) atoms. The Morgan fingerprint density at radius 2 is 1.52 bits per heavy atom. The number of hydrogen-bond donors (Lipinski definition) is 6. The Morgan fingerprint density at radius 1 is 0.776 bits per heavy atom. The predicted molar refractivity (Wildman–Crippen MR) is 375 cm³/mol. The second kappa shape index (κ2) is 26.5. The lowest BCUT2D eigenvalue weighted by atomic mass is 9.81. The van der Waals surface area contributed by atoms with Gasteiger partial charge in [-0.05, 0) is 142 Å². The molecule has 3 amide bonds. The first-order valence-electron chi connectivity index (χ1n) is 33.2. The highest BCUT2D eigenvalue weighted by molar-refractivity contribution is 8.41. The van der Waals surface area contributed by atoms with Gasteiger partial charge in [-0.3, -0.25) is 23.7 Å². The number of nitrogens with two attached hydrogens (primary N) is 1. The van der Waals surface area contributed by atoms with Gasteiger partial charge in [-0.25, -0.2) is 19.0 Å². The number of aromatic carboxylic acids is 2. The summed E-state index contributed by atoms with van der Waals surface area (Å²) in [6, 6.07) is 20.2. The number of hydrogen-bond acceptors (Lipinski definition) is 15. The van der Waals surface area contributed by atoms with Gasteiger partial charge in [0, 0.05) is 112 Å². The van der Waals surface area contributed by atoms with Crippen LogP contribution in [0.15, 0.2) is 99.1 Å². The van der Waals surface area contributed by atoms with Crippen LogP contribution in [0.2, 0.25) is 0 Å². The zero-order chi connectivity index (χ0) is 67.8. The first-order chi connectivity index (χ1) is 47.4. The third-order valence-corrected chi connectivity index (χ3v) is 21.2. The van der Waals surface area contributed by atoms with E-state index in [0.29, 0.717) is 49.8 Å². The normalized spacial score (nSPS) is 18.6. The number of benzene rings is 6. The highest BCUT2D eigenvalue weighted by Gasteiger charge is 2.38. The smallest absolute Gasteiger partial charge is 0.351 e. The topological polar surface area (TPSA) is 298 Å². The maximum Gasteiger partial charge on any atom is 0.351 e. The molecular formula is C73H70N8O14P3+. The number of rotatable bonds is 12. The van der Waals surface area contributed by atoms with Crippen LogP contribution in [0, 0.1) is 11.8 Å². The number of phenols is 1. The molecular weight excluding hydrogens is 1310 g/mol. The predicted octanol–water partition coefficient (Wildman–Crippen LogP) is 8.35. The highest BCUT2D eigenvalue weighted by Crippen LogP contribution is 2.54. The van der Waals surface area contributed by atoms with Crippen molar-refractivity contribution in [1.29, 1.82) is 0 Å². The van der Waals surface area contributed by atoms with Crippen LogP contribution in [0.4, 0.5) is 11.5 Å². The molecule has 22 nitrogen and oxygen atoms in total. The molecule has 8 aliphatic heterocycles. The Hall–Kier alpha value is -9.34. The van der Waals surface area contributed by atoms with Gasteiger partial charge in [-0.1, -0.05) is 48.3 Å². The summed E-state index contributed by atoms with van der Waals surface area (Å²) >= 11 is 0. The van der Waals surface area contributed by atoms with E-state index in [1.54, 1.807) is 12.1 Å². The van der Waals surface area contributed by atoms with E-state index in [1.165, 1.54) is 92.4 Å². The van der Waals surface area contributed by atoms with Crippen molar-refractivity contribution >= 4 is 83.1 Å². The van der Waals surface area contributed by atoms with Crippen molar-refractivity contribution in [2.45, 2.75) is 115 Å². The molecule has 1 aromatic heterocycles. The van der Waals surface area contributed by atoms with Crippen molar-refractivity contribution < 1.29 is 57.7 Å². The van der Waals surface area contributed by atoms with Crippen molar-refractivity contribution in [3.05, 3.63) is 183 Å². The lowest BCUT2D eigenvalue weighted by Gasteiger charge is -2.39. The molecule has 0 saturated carbocycles. The van der Waals surface area contributed by atoms with E-state index in [1.807, 2.05) is 0 Å². The Bertz CT molecular complexity index is 5050. The summed E-state index contributed by atoms with van der Waals surface area (Å²) in [6.45, 7) is 3.92. The van der Waals surface area contributed by atoms with E-state index in [-0.39, 0.29) is 104 Å². The number of nitrogens with zero attached hydrogens (tertiary/aromatic N) is 5. The first-order valence-corrected chi connectivity index (χ1v) is 37.7. The Kier molecular flexibility index (Phi) is 17.5. The van der Waals surface area contributed by atoms with Crippen LogP contribution in [0.25, 0.3) is 39.0 Å². The molecule has 5 aromatic carbocycles. The molecule has 5 atom stereocenters. The van der Waals surface area contributed by atoms with Gasteiger partial charge >= 0.3 is 17.6 Å². The number of aromatic hydroxyl groups is 1. The first kappa shape index (κ1) is 64.6. The summed E-state index contributed by atoms with van der Waals surface area (Å²) in [5.41, 5.74) is 13.6. The van der Waals surface area contributed by atoms with Crippen LogP contribution < -0.4 is 52.3 Å². The summed E-state index contributed by atoms with van der Waals surface area (Å²) in [5.74, 6) is 2.62. The number of nitrogens with one attached hydrogen (secondary N) is 2. The standard InChI is InChI=1S/C73H69N8O14P3/c74-68-42(36-81(73(91)77-68)60-24-17-44(93-60)37-92-98(96)97)15-23-58-76-59(84)12-2-1-3-29-80(58)70(86)41-14-19-45(52(33-41)72(89)90)61-47-20-16-43(82)34-57(47)94-65-48(61)21-22-56(83)55(65)35-75-69(85)40-13-18-46(51(32-40)71(87)88)62-53-30-38-8-4-25-78-27-6-10-49(63(38)78)66(53)95-67-50-11-7-28-79-26-5-9-39(64(50)79)31-54(62)67/h13-14,16,18-22,30-34,36,44,58,60H,1-12,17,24-29,35,37,96-97H2,(H6-,74,75,76,77,82,83,84,85,87,88,89,90,91)/p+1/t44-,58?,60+/m0/s1. The molecule has 9 heterocycles. The van der Waals surface area contributed by atoms with Crippen molar-refractivity contribution in [3.8, 4) is 51.5 Å². The fourth-order valence-corrected chi connectivity index (χ4v) is 16.3. The summed E-state index contributed by atoms with van der Waals surface area (Å²) in [4.78, 5) is 105. The number of carboxylic acid groups (broad SMARTS) is 2. The molecule has 2 saturated heterocycles. The molecule has 9 aliphatic rings. The molecule has 25 heteroatoms. The molecule has 0 spiro atoms. The van der Waals surface area contributed by atoms with Crippen LogP contribution in [0.5, 0.6) is 17.2 Å². The highest BCUT2D eigenvalue weighted by atomic mass is 32.4. The molecule has 0 bridgehead atoms. The number of amides is 3. The van der Waals surface area contributed by atoms with Gasteiger partial charge in [0.2, 0.25) is 11.3 Å². The van der Waals surface area contributed by atoms with Gasteiger partial charge in [0.15, 0.2) is 11.6 Å². The fourth-order valence-electron chi connectivity index (χ4n) is 15.5. The van der Waals surface area contributed by atoms with E-state index >= 15 is 4.79 Å². The zero-order valence-corrected chi connectivity index (χ0v) is 56.6. The molecule has 6 aromatic rings. The van der Waals surface area contributed by atoms with Gasteiger partial charge in [0.25, 0.3) is 11.8 Å². The van der Waals surface area contributed by atoms with Gasteiger partial charge in [0.1, 0.15) is 53.7 Å². The third kappa shape index (κ3) is 12.0. The van der Waals surface area contributed by atoms with Gasteiger partial charge in [-0.2, -0.15) is 4.98 Å². The van der Waals surface area contributed by atoms with E-state index < -0.39 is 54.8 Å². The van der Waals surface area contributed by atoms with E-state index in [9.17, 15) is 44.1 Å². The Balaban J connectivity index is 0.764. The monoisotopic (exact) mass is 1380 g/mol. The molecule has 0 radical (unpaired) electrons. The van der Waals surface area contributed by atoms with Crippen LogP contribution in [-0.4, -0.2) is 111 Å². The fraction of sp³-hybridized carbons (Fsp3) is 0.329. The lowest BCUT2D eigenvalue weighted by Crippen LogP contribution is -2.50. The maximum absolute atomic E-state index is 15.0. The van der Waals surface area contributed by atoms with Crippen LogP contribution in [0.1, 0.15) is 156 Å². The zero-order valence-electron chi connectivity index (χ0n) is 53.4. The van der Waals surface area contributed by atoms with Gasteiger partial charge in [-0.15, -0.1) is 0 Å². The average Bonchev–Trinajstić information content (AvgIpc) is 0.741. The summed E-state index contributed by atoms with van der Waals surface area (Å²) in [7, 11) is 4.39. The number of nitrogen functional groups attached to an aromatic ring is 1. The van der Waals surface area contributed by atoms with Crippen molar-refractivity contribution in [3.63, 3.8) is 0 Å². The Morgan fingerprint density at radius 3 is 2.34 bits per heavy atom. The largest absolute Gasteiger partial charge is 0.507 e. The molecule has 3 unspecified atom stereocenters. The number of aryl methyl sites for hydroxylation is 2. The SMILES string of the molecule is Nc1nc(=O)n([C@H]2CC[C@@H](COP(P)P)O2)cc1C#CC1NC(=O)CCCCCN1C(=O)c1ccc(-c2c3ccc(=O)cc-3oc3c(CNC(=O)c4ccc(C5=c6cc7c8c(c6Oc6c5cc5c9c6CCCN9CCC5)CCC[N+]=8CCC7)c(C(=O)O)c4)c(O)ccc23)c(C(=O)O)c1. The minimum Gasteiger partial charge on any atom is -0.507 e. The number of aromatic nitrogens is 2. The third-order valence-electron chi connectivity index (χ3n) is 19.9. The van der Waals surface area contributed by atoms with Crippen LogP contribution >= 0.6 is 25.4 Å². The second-order valence-corrected chi connectivity index (χ2v) is 31.8. The van der Waals surface area contributed by atoms with Crippen LogP contribution in [-0.2, 0) is 46.3 Å². The number of carbonyl (C=O) groups is 5. The summed E-state index contributed by atoms with van der Waals surface area (Å²) < 4.78 is 29.3. The van der Waals surface area contributed by atoms with E-state index in [4.69, 9.17) is 24.1 Å². The minimum atomic E-state index is -1.42. The number of phenolic OH excluding ortho intramolecular Hbond substituents is 1. The molecule has 2 fully saturated rings. The summed E-state index contributed by atoms with van der Waals surface area (Å²) in [6.07, 6.45) is 9.48. The quantitative estimate of drug-likeness (QED) is 0.0290. The number of anilines is 2. The molecule has 15 rings (SSSR count). The summed E-state index contributed by atoms with van der Waals surface area (Å²) in [5, 5.41) is 42.1. The number of carboxylic acids is 2. The number of carbonyl (C=O) groups excluding carboxylic acids is 3. The number of fused-ring (bicyclic) bond motifs is 6. The lowest BCUT2D eigenvalue weighted by molar-refractivity contribution is -0.122. The average molecular weight is 1380 g/mol. The minimum absolute atomic E-state index is 0.00570.